The van der Waals surface area contributed by atoms with Crippen molar-refractivity contribution in [1.29, 1.82) is 5.26 Å². The third-order valence-corrected chi connectivity index (χ3v) is 4.83. The lowest BCUT2D eigenvalue weighted by Gasteiger charge is -2.33. The highest BCUT2D eigenvalue weighted by atomic mass is 16.5. The molecule has 4 nitrogen and oxygen atoms in total. The number of ether oxygens (including phenoxy) is 1. The molecule has 134 valence electrons. The summed E-state index contributed by atoms with van der Waals surface area (Å²) in [4.78, 5) is 15.1. The van der Waals surface area contributed by atoms with Gasteiger partial charge in [-0.05, 0) is 57.4 Å². The lowest BCUT2D eigenvalue weighted by Crippen LogP contribution is -2.48. The molecule has 0 saturated carbocycles. The van der Waals surface area contributed by atoms with Crippen LogP contribution in [0.1, 0.15) is 49.4 Å². The van der Waals surface area contributed by atoms with Gasteiger partial charge < -0.3 is 9.64 Å². The Bertz CT molecular complexity index is 834. The average Bonchev–Trinajstić information content (AvgIpc) is 3.11. The fourth-order valence-corrected chi connectivity index (χ4v) is 3.46. The number of benzene rings is 2. The fraction of sp³-hybridized carbons (Fsp3) is 0.364. The molecule has 0 aliphatic carbocycles. The second-order valence-corrected chi connectivity index (χ2v) is 7.32. The van der Waals surface area contributed by atoms with Gasteiger partial charge in [-0.15, -0.1) is 0 Å². The predicted octanol–water partition coefficient (Wildman–Crippen LogP) is 4.39. The first kappa shape index (κ1) is 18.0. The van der Waals surface area contributed by atoms with Crippen molar-refractivity contribution in [2.45, 2.75) is 45.3 Å². The van der Waals surface area contributed by atoms with E-state index in [-0.39, 0.29) is 11.9 Å². The minimum Gasteiger partial charge on any atom is -0.478 e. The van der Waals surface area contributed by atoms with Crippen LogP contribution in [-0.4, -0.2) is 23.0 Å². The van der Waals surface area contributed by atoms with E-state index in [1.807, 2.05) is 4.90 Å². The molecule has 1 fully saturated rings. The molecule has 1 aliphatic heterocycles. The highest BCUT2D eigenvalue weighted by Crippen LogP contribution is 2.34. The Morgan fingerprint density at radius 1 is 1.23 bits per heavy atom. The third kappa shape index (κ3) is 3.72. The van der Waals surface area contributed by atoms with Crippen LogP contribution in [0.25, 0.3) is 0 Å². The van der Waals surface area contributed by atoms with Gasteiger partial charge in [0.2, 0.25) is 0 Å². The summed E-state index contributed by atoms with van der Waals surface area (Å²) >= 11 is 0. The first-order valence-electron chi connectivity index (χ1n) is 8.97. The smallest absolute Gasteiger partial charge is 0.266 e. The summed E-state index contributed by atoms with van der Waals surface area (Å²) in [7, 11) is 0. The summed E-state index contributed by atoms with van der Waals surface area (Å²) < 4.78 is 5.98. The van der Waals surface area contributed by atoms with Crippen molar-refractivity contribution >= 4 is 5.91 Å². The van der Waals surface area contributed by atoms with Crippen LogP contribution in [0, 0.1) is 18.3 Å². The standard InChI is InChI=1S/C22H24N2O2/c1-16-9-11-18(12-10-16)20-8-5-13-24(20)21(25)22(2,3)26-19-7-4-6-17(14-19)15-23/h4,6-7,9-12,14,20H,5,8,13H2,1-3H3. The van der Waals surface area contributed by atoms with E-state index in [2.05, 4.69) is 37.3 Å². The lowest BCUT2D eigenvalue weighted by molar-refractivity contribution is -0.146. The fourth-order valence-electron chi connectivity index (χ4n) is 3.46. The molecule has 2 aromatic carbocycles. The number of carbonyl (C=O) groups excluding carboxylic acids is 1. The molecule has 2 aromatic rings. The largest absolute Gasteiger partial charge is 0.478 e. The zero-order valence-electron chi connectivity index (χ0n) is 15.5. The number of hydrogen-bond donors (Lipinski definition) is 0. The quantitative estimate of drug-likeness (QED) is 0.823. The number of amides is 1. The molecule has 26 heavy (non-hydrogen) atoms. The van der Waals surface area contributed by atoms with Crippen LogP contribution in [0.15, 0.2) is 48.5 Å². The predicted molar refractivity (Wildman–Crippen MR) is 101 cm³/mol. The van der Waals surface area contributed by atoms with E-state index < -0.39 is 5.60 Å². The van der Waals surface area contributed by atoms with Crippen molar-refractivity contribution in [2.75, 3.05) is 6.54 Å². The van der Waals surface area contributed by atoms with E-state index >= 15 is 0 Å². The van der Waals surface area contributed by atoms with Crippen molar-refractivity contribution < 1.29 is 9.53 Å². The Balaban J connectivity index is 1.79. The van der Waals surface area contributed by atoms with E-state index in [9.17, 15) is 4.79 Å². The van der Waals surface area contributed by atoms with E-state index in [0.29, 0.717) is 11.3 Å². The van der Waals surface area contributed by atoms with Crippen LogP contribution in [0.3, 0.4) is 0 Å². The molecule has 0 spiro atoms. The minimum absolute atomic E-state index is 0.0251. The molecule has 4 heteroatoms. The Labute approximate surface area is 155 Å². The zero-order valence-corrected chi connectivity index (χ0v) is 15.5. The van der Waals surface area contributed by atoms with Crippen LogP contribution in [0.4, 0.5) is 0 Å². The molecule has 1 atom stereocenters. The Kier molecular flexibility index (Phi) is 4.99. The third-order valence-electron chi connectivity index (χ3n) is 4.83. The molecule has 0 aromatic heterocycles. The summed E-state index contributed by atoms with van der Waals surface area (Å²) in [5.74, 6) is 0.511. The number of likely N-dealkylation sites (tertiary alicyclic amines) is 1. The van der Waals surface area contributed by atoms with Crippen molar-refractivity contribution in [2.24, 2.45) is 0 Å². The lowest BCUT2D eigenvalue weighted by atomic mass is 10.0. The van der Waals surface area contributed by atoms with Gasteiger partial charge in [0.15, 0.2) is 5.60 Å². The maximum absolute atomic E-state index is 13.2. The molecule has 1 saturated heterocycles. The SMILES string of the molecule is Cc1ccc(C2CCCN2C(=O)C(C)(C)Oc2cccc(C#N)c2)cc1. The van der Waals surface area contributed by atoms with E-state index in [1.54, 1.807) is 38.1 Å². The van der Waals surface area contributed by atoms with Crippen LogP contribution in [-0.2, 0) is 4.79 Å². The maximum Gasteiger partial charge on any atom is 0.266 e. The van der Waals surface area contributed by atoms with E-state index in [1.165, 1.54) is 11.1 Å². The van der Waals surface area contributed by atoms with Crippen molar-refractivity contribution in [1.82, 2.24) is 4.90 Å². The van der Waals surface area contributed by atoms with Crippen molar-refractivity contribution in [3.63, 3.8) is 0 Å². The normalized spacial score (nSPS) is 17.0. The Morgan fingerprint density at radius 2 is 1.96 bits per heavy atom. The van der Waals surface area contributed by atoms with Gasteiger partial charge >= 0.3 is 0 Å². The van der Waals surface area contributed by atoms with E-state index in [4.69, 9.17) is 10.00 Å². The van der Waals surface area contributed by atoms with Gasteiger partial charge in [-0.1, -0.05) is 35.9 Å². The van der Waals surface area contributed by atoms with Crippen molar-refractivity contribution in [3.05, 3.63) is 65.2 Å². The number of rotatable bonds is 4. The Hall–Kier alpha value is -2.80. The molecule has 1 amide bonds. The first-order valence-corrected chi connectivity index (χ1v) is 8.97. The molecule has 0 bridgehead atoms. The van der Waals surface area contributed by atoms with Gasteiger partial charge in [-0.25, -0.2) is 0 Å². The second kappa shape index (κ2) is 7.21. The number of aryl methyl sites for hydroxylation is 1. The van der Waals surface area contributed by atoms with Gasteiger partial charge in [0.1, 0.15) is 5.75 Å². The highest BCUT2D eigenvalue weighted by molar-refractivity contribution is 5.85. The first-order chi connectivity index (χ1) is 12.4. The van der Waals surface area contributed by atoms with Crippen LogP contribution >= 0.6 is 0 Å². The molecular weight excluding hydrogens is 324 g/mol. The summed E-state index contributed by atoms with van der Waals surface area (Å²) in [6.07, 6.45) is 1.96. The number of nitrogens with zero attached hydrogens (tertiary/aromatic N) is 2. The van der Waals surface area contributed by atoms with E-state index in [0.717, 1.165) is 19.4 Å². The van der Waals surface area contributed by atoms with Gasteiger partial charge in [0.25, 0.3) is 5.91 Å². The molecular formula is C22H24N2O2. The number of carbonyl (C=O) groups is 1. The average molecular weight is 348 g/mol. The van der Waals surface area contributed by atoms with Crippen LogP contribution < -0.4 is 4.74 Å². The van der Waals surface area contributed by atoms with Gasteiger partial charge in [-0.3, -0.25) is 4.79 Å². The maximum atomic E-state index is 13.2. The molecule has 0 radical (unpaired) electrons. The minimum atomic E-state index is -0.999. The molecule has 1 unspecified atom stereocenters. The number of nitriles is 1. The molecule has 1 heterocycles. The number of hydrogen-bond acceptors (Lipinski definition) is 3. The summed E-state index contributed by atoms with van der Waals surface area (Å²) in [5, 5.41) is 9.04. The molecule has 1 aliphatic rings. The molecule has 3 rings (SSSR count). The van der Waals surface area contributed by atoms with Gasteiger partial charge in [0, 0.05) is 6.54 Å². The van der Waals surface area contributed by atoms with Crippen LogP contribution in [0.2, 0.25) is 0 Å². The second-order valence-electron chi connectivity index (χ2n) is 7.32. The van der Waals surface area contributed by atoms with Gasteiger partial charge in [0.05, 0.1) is 17.7 Å². The van der Waals surface area contributed by atoms with Crippen molar-refractivity contribution in [3.8, 4) is 11.8 Å². The summed E-state index contributed by atoms with van der Waals surface area (Å²) in [5.41, 5.74) is 1.90. The highest BCUT2D eigenvalue weighted by Gasteiger charge is 2.40. The van der Waals surface area contributed by atoms with Gasteiger partial charge in [-0.2, -0.15) is 5.26 Å². The molecule has 0 N–H and O–H groups in total. The topological polar surface area (TPSA) is 53.3 Å². The summed E-state index contributed by atoms with van der Waals surface area (Å²) in [6, 6.07) is 17.5. The monoisotopic (exact) mass is 348 g/mol. The summed E-state index contributed by atoms with van der Waals surface area (Å²) in [6.45, 7) is 6.38. The van der Waals surface area contributed by atoms with Crippen LogP contribution in [0.5, 0.6) is 5.75 Å². The Morgan fingerprint density at radius 3 is 2.65 bits per heavy atom. The zero-order chi connectivity index (χ0) is 18.7.